The van der Waals surface area contributed by atoms with E-state index in [0.717, 1.165) is 72.1 Å². The summed E-state index contributed by atoms with van der Waals surface area (Å²) in [5, 5.41) is 8.22. The van der Waals surface area contributed by atoms with Crippen molar-refractivity contribution in [3.8, 4) is 22.3 Å². The Morgan fingerprint density at radius 2 is 1.19 bits per heavy atom. The summed E-state index contributed by atoms with van der Waals surface area (Å²) in [6.07, 6.45) is -0.367. The van der Waals surface area contributed by atoms with Crippen molar-refractivity contribution < 1.29 is 4.42 Å². The summed E-state index contributed by atoms with van der Waals surface area (Å²) in [5.41, 5.74) is 9.24. The Kier molecular flexibility index (Phi) is 6.50. The molecule has 2 heterocycles. The van der Waals surface area contributed by atoms with Crippen molar-refractivity contribution in [2.24, 2.45) is 9.98 Å². The Bertz CT molecular complexity index is 2490. The van der Waals surface area contributed by atoms with Crippen molar-refractivity contribution in [1.29, 1.82) is 0 Å². The van der Waals surface area contributed by atoms with Crippen molar-refractivity contribution in [1.82, 2.24) is 5.32 Å². The first-order valence-electron chi connectivity index (χ1n) is 15.9. The molecular formula is C43H29N3O. The van der Waals surface area contributed by atoms with E-state index in [2.05, 4.69) is 145 Å². The van der Waals surface area contributed by atoms with Crippen molar-refractivity contribution in [3.63, 3.8) is 0 Å². The van der Waals surface area contributed by atoms with Gasteiger partial charge in [0.05, 0.1) is 0 Å². The number of rotatable bonds is 5. The third-order valence-corrected chi connectivity index (χ3v) is 8.95. The van der Waals surface area contributed by atoms with Crippen LogP contribution in [-0.4, -0.2) is 11.7 Å². The first-order valence-corrected chi connectivity index (χ1v) is 15.9. The van der Waals surface area contributed by atoms with Crippen molar-refractivity contribution >= 4 is 44.4 Å². The molecule has 9 rings (SSSR count). The molecular weight excluding hydrogens is 574 g/mol. The quantitative estimate of drug-likeness (QED) is 0.213. The molecule has 0 spiro atoms. The van der Waals surface area contributed by atoms with E-state index < -0.39 is 0 Å². The fourth-order valence-electron chi connectivity index (χ4n) is 6.71. The van der Waals surface area contributed by atoms with Crippen LogP contribution in [0.3, 0.4) is 0 Å². The number of benzene rings is 7. The van der Waals surface area contributed by atoms with Crippen LogP contribution < -0.4 is 5.32 Å². The number of fused-ring (bicyclic) bond motifs is 4. The topological polar surface area (TPSA) is 49.9 Å². The van der Waals surface area contributed by atoms with Crippen molar-refractivity contribution in [3.05, 3.63) is 180 Å². The highest BCUT2D eigenvalue weighted by molar-refractivity contribution is 6.16. The smallest absolute Gasteiger partial charge is 0.159 e. The summed E-state index contributed by atoms with van der Waals surface area (Å²) < 4.78 is 6.61. The van der Waals surface area contributed by atoms with Gasteiger partial charge in [0.1, 0.15) is 23.2 Å². The van der Waals surface area contributed by atoms with Crippen LogP contribution in [-0.2, 0) is 0 Å². The van der Waals surface area contributed by atoms with Crippen LogP contribution in [0.5, 0.6) is 0 Å². The fraction of sp³-hybridized carbons (Fsp3) is 0.0233. The average molecular weight is 604 g/mol. The predicted molar refractivity (Wildman–Crippen MR) is 194 cm³/mol. The molecule has 1 aliphatic rings. The molecule has 0 fully saturated rings. The number of amidine groups is 2. The Hall–Kier alpha value is -6.26. The molecule has 0 radical (unpaired) electrons. The highest BCUT2D eigenvalue weighted by Crippen LogP contribution is 2.42. The van der Waals surface area contributed by atoms with E-state index in [9.17, 15) is 0 Å². The molecule has 4 heteroatoms. The minimum absolute atomic E-state index is 0.367. The van der Waals surface area contributed by atoms with Gasteiger partial charge in [-0.05, 0) is 39.6 Å². The third kappa shape index (κ3) is 4.79. The van der Waals surface area contributed by atoms with E-state index in [1.165, 1.54) is 5.39 Å². The summed E-state index contributed by atoms with van der Waals surface area (Å²) in [6, 6.07) is 56.8. The number of aliphatic imine (C=N–C) groups is 2. The second kappa shape index (κ2) is 11.3. The van der Waals surface area contributed by atoms with E-state index in [1.807, 2.05) is 24.3 Å². The first kappa shape index (κ1) is 27.1. The Morgan fingerprint density at radius 3 is 2.04 bits per heavy atom. The number of para-hydroxylation sites is 1. The monoisotopic (exact) mass is 603 g/mol. The Balaban J connectivity index is 1.22. The van der Waals surface area contributed by atoms with Crippen LogP contribution in [0.25, 0.3) is 55.0 Å². The Morgan fingerprint density at radius 1 is 0.511 bits per heavy atom. The van der Waals surface area contributed by atoms with E-state index in [4.69, 9.17) is 14.4 Å². The largest absolute Gasteiger partial charge is 0.455 e. The normalized spacial score (nSPS) is 14.6. The van der Waals surface area contributed by atoms with Crippen molar-refractivity contribution in [2.45, 2.75) is 6.17 Å². The molecule has 1 unspecified atom stereocenters. The number of nitrogens with one attached hydrogen (secondary N) is 1. The number of hydrogen-bond acceptors (Lipinski definition) is 4. The number of hydrogen-bond donors (Lipinski definition) is 1. The lowest BCUT2D eigenvalue weighted by Gasteiger charge is -2.25. The highest BCUT2D eigenvalue weighted by atomic mass is 16.3. The summed E-state index contributed by atoms with van der Waals surface area (Å²) in [5.74, 6) is 1.50. The summed E-state index contributed by atoms with van der Waals surface area (Å²) in [4.78, 5) is 10.3. The standard InChI is InChI=1S/C43H29N3O/c1-3-14-29(15-4-1)33-21-11-23-37-39-35(22-12-24-38(39)47-40(33)37)34-19-9-10-20-36(34)43-45-41(30-16-5-2-6-17-30)44-42(46-43)32-26-25-28-13-7-8-18-31(28)27-32/h1-27,43H,(H,44,45,46). The molecule has 8 aromatic rings. The van der Waals surface area contributed by atoms with Gasteiger partial charge in [-0.25, -0.2) is 9.98 Å². The zero-order valence-electron chi connectivity index (χ0n) is 25.5. The molecule has 222 valence electrons. The van der Waals surface area contributed by atoms with Gasteiger partial charge in [0, 0.05) is 33.0 Å². The first-order chi connectivity index (χ1) is 23.3. The van der Waals surface area contributed by atoms with Gasteiger partial charge in [-0.15, -0.1) is 0 Å². The second-order valence-electron chi connectivity index (χ2n) is 11.8. The molecule has 1 aliphatic heterocycles. The predicted octanol–water partition coefficient (Wildman–Crippen LogP) is 10.6. The fourth-order valence-corrected chi connectivity index (χ4v) is 6.71. The van der Waals surface area contributed by atoms with Gasteiger partial charge < -0.3 is 9.73 Å². The molecule has 1 atom stereocenters. The number of furan rings is 1. The minimum Gasteiger partial charge on any atom is -0.455 e. The summed E-state index contributed by atoms with van der Waals surface area (Å²) in [7, 11) is 0. The van der Waals surface area contributed by atoms with Crippen molar-refractivity contribution in [2.75, 3.05) is 0 Å². The van der Waals surface area contributed by atoms with Gasteiger partial charge in [-0.3, -0.25) is 0 Å². The Labute approximate surface area is 272 Å². The molecule has 47 heavy (non-hydrogen) atoms. The number of nitrogens with zero attached hydrogens (tertiary/aromatic N) is 2. The van der Waals surface area contributed by atoms with E-state index in [1.54, 1.807) is 0 Å². The van der Waals surface area contributed by atoms with Gasteiger partial charge in [-0.2, -0.15) is 0 Å². The molecule has 0 saturated heterocycles. The molecule has 1 aromatic heterocycles. The van der Waals surface area contributed by atoms with Gasteiger partial charge in [0.2, 0.25) is 0 Å². The van der Waals surface area contributed by atoms with E-state index in [0.29, 0.717) is 5.84 Å². The second-order valence-corrected chi connectivity index (χ2v) is 11.8. The SMILES string of the molecule is c1ccc(C2=NC(c3ccc4ccccc4c3)=NC(c3ccccc3-c3cccc4oc5c(-c6ccccc6)cccc5c34)N2)cc1. The zero-order valence-corrected chi connectivity index (χ0v) is 25.5. The molecule has 0 amide bonds. The lowest BCUT2D eigenvalue weighted by Crippen LogP contribution is -2.33. The van der Waals surface area contributed by atoms with Gasteiger partial charge in [0.25, 0.3) is 0 Å². The lowest BCUT2D eigenvalue weighted by molar-refractivity contribution is 0.669. The van der Waals surface area contributed by atoms with E-state index in [-0.39, 0.29) is 6.17 Å². The summed E-state index contributed by atoms with van der Waals surface area (Å²) in [6.45, 7) is 0. The van der Waals surface area contributed by atoms with Crippen LogP contribution in [0.15, 0.2) is 178 Å². The average Bonchev–Trinajstić information content (AvgIpc) is 3.54. The van der Waals surface area contributed by atoms with Crippen LogP contribution in [0.1, 0.15) is 22.9 Å². The molecule has 0 saturated carbocycles. The van der Waals surface area contributed by atoms with Crippen LogP contribution in [0, 0.1) is 0 Å². The highest BCUT2D eigenvalue weighted by Gasteiger charge is 2.25. The maximum Gasteiger partial charge on any atom is 0.159 e. The summed E-state index contributed by atoms with van der Waals surface area (Å²) >= 11 is 0. The molecule has 0 bridgehead atoms. The molecule has 4 nitrogen and oxygen atoms in total. The molecule has 1 N–H and O–H groups in total. The van der Waals surface area contributed by atoms with Crippen LogP contribution >= 0.6 is 0 Å². The molecule has 7 aromatic carbocycles. The van der Waals surface area contributed by atoms with Crippen LogP contribution in [0.2, 0.25) is 0 Å². The van der Waals surface area contributed by atoms with Gasteiger partial charge in [-0.1, -0.05) is 152 Å². The van der Waals surface area contributed by atoms with E-state index >= 15 is 0 Å². The lowest BCUT2D eigenvalue weighted by atomic mass is 9.93. The van der Waals surface area contributed by atoms with Crippen LogP contribution in [0.4, 0.5) is 0 Å². The maximum atomic E-state index is 6.61. The molecule has 0 aliphatic carbocycles. The minimum atomic E-state index is -0.367. The van der Waals surface area contributed by atoms with Gasteiger partial charge in [0.15, 0.2) is 5.84 Å². The zero-order chi connectivity index (χ0) is 31.2. The third-order valence-electron chi connectivity index (χ3n) is 8.95. The maximum absolute atomic E-state index is 6.61. The van der Waals surface area contributed by atoms with Gasteiger partial charge >= 0.3 is 0 Å².